The van der Waals surface area contributed by atoms with Gasteiger partial charge in [-0.3, -0.25) is 9.48 Å². The number of rotatable bonds is 4. The van der Waals surface area contributed by atoms with Gasteiger partial charge in [-0.2, -0.15) is 5.10 Å². The Labute approximate surface area is 94.8 Å². The van der Waals surface area contributed by atoms with Crippen LogP contribution in [0.2, 0.25) is 0 Å². The summed E-state index contributed by atoms with van der Waals surface area (Å²) >= 11 is 0. The maximum absolute atomic E-state index is 11.9. The highest BCUT2D eigenvalue weighted by atomic mass is 16.5. The molecule has 5 heteroatoms. The van der Waals surface area contributed by atoms with Crippen LogP contribution in [-0.2, 0) is 23.0 Å². The van der Waals surface area contributed by atoms with E-state index in [-0.39, 0.29) is 17.9 Å². The summed E-state index contributed by atoms with van der Waals surface area (Å²) in [5.74, 6) is 0.193. The first-order valence-electron chi connectivity index (χ1n) is 5.46. The molecule has 0 amide bonds. The third kappa shape index (κ3) is 2.48. The monoisotopic (exact) mass is 223 g/mol. The number of aromatic nitrogens is 2. The summed E-state index contributed by atoms with van der Waals surface area (Å²) in [7, 11) is 3.53. The number of ketones is 1. The predicted octanol–water partition coefficient (Wildman–Crippen LogP) is -0.0914. The summed E-state index contributed by atoms with van der Waals surface area (Å²) in [6, 6.07) is 1.80. The molecule has 0 spiro atoms. The van der Waals surface area contributed by atoms with Gasteiger partial charge >= 0.3 is 0 Å². The van der Waals surface area contributed by atoms with E-state index in [2.05, 4.69) is 10.4 Å². The van der Waals surface area contributed by atoms with E-state index in [4.69, 9.17) is 4.74 Å². The van der Waals surface area contributed by atoms with Crippen molar-refractivity contribution in [3.63, 3.8) is 0 Å². The minimum atomic E-state index is -0.0769. The fourth-order valence-electron chi connectivity index (χ4n) is 1.99. The quantitative estimate of drug-likeness (QED) is 0.775. The molecule has 0 aliphatic carbocycles. The van der Waals surface area contributed by atoms with Gasteiger partial charge in [0.15, 0.2) is 5.78 Å². The van der Waals surface area contributed by atoms with E-state index in [0.29, 0.717) is 6.42 Å². The fourth-order valence-corrected chi connectivity index (χ4v) is 1.99. The molecule has 1 fully saturated rings. The highest BCUT2D eigenvalue weighted by molar-refractivity contribution is 5.86. The van der Waals surface area contributed by atoms with Gasteiger partial charge in [0.2, 0.25) is 0 Å². The molecule has 2 heterocycles. The lowest BCUT2D eigenvalue weighted by molar-refractivity contribution is -0.120. The highest BCUT2D eigenvalue weighted by Crippen LogP contribution is 2.12. The van der Waals surface area contributed by atoms with Gasteiger partial charge in [0.05, 0.1) is 24.3 Å². The largest absolute Gasteiger partial charge is 0.380 e. The van der Waals surface area contributed by atoms with Gasteiger partial charge in [-0.1, -0.05) is 0 Å². The second-order valence-electron chi connectivity index (χ2n) is 4.18. The van der Waals surface area contributed by atoms with E-state index in [1.54, 1.807) is 11.8 Å². The molecule has 1 saturated heterocycles. The van der Waals surface area contributed by atoms with Crippen LogP contribution in [0, 0.1) is 0 Å². The van der Waals surface area contributed by atoms with Crippen LogP contribution in [0.25, 0.3) is 0 Å². The molecule has 1 aliphatic rings. The van der Waals surface area contributed by atoms with Crippen molar-refractivity contribution >= 4 is 5.78 Å². The summed E-state index contributed by atoms with van der Waals surface area (Å²) in [5, 5.41) is 7.37. The van der Waals surface area contributed by atoms with E-state index in [9.17, 15) is 4.79 Å². The minimum absolute atomic E-state index is 0.0769. The molecule has 2 unspecified atom stereocenters. The lowest BCUT2D eigenvalue weighted by Crippen LogP contribution is -2.32. The van der Waals surface area contributed by atoms with Gasteiger partial charge in [-0.05, 0) is 12.5 Å². The summed E-state index contributed by atoms with van der Waals surface area (Å²) in [6.45, 7) is 0.759. The summed E-state index contributed by atoms with van der Waals surface area (Å²) in [6.07, 6.45) is 3.18. The number of methoxy groups -OCH3 is 1. The number of nitrogens with one attached hydrogen (secondary N) is 1. The Bertz CT molecular complexity index is 375. The molecule has 88 valence electrons. The minimum Gasteiger partial charge on any atom is -0.380 e. The van der Waals surface area contributed by atoms with Crippen molar-refractivity contribution in [2.75, 3.05) is 13.7 Å². The fraction of sp³-hybridized carbons (Fsp3) is 0.636. The van der Waals surface area contributed by atoms with E-state index < -0.39 is 0 Å². The third-order valence-corrected chi connectivity index (χ3v) is 2.94. The van der Waals surface area contributed by atoms with Crippen LogP contribution in [0.5, 0.6) is 0 Å². The molecule has 0 saturated carbocycles. The van der Waals surface area contributed by atoms with Gasteiger partial charge in [0.1, 0.15) is 0 Å². The standard InChI is InChI=1S/C11H17N3O2/c1-14-4-3-8(13-14)5-11(15)10-6-9(16-2)7-12-10/h3-4,9-10,12H,5-7H2,1-2H3. The number of aryl methyl sites for hydroxylation is 1. The first-order chi connectivity index (χ1) is 7.69. The van der Waals surface area contributed by atoms with Crippen molar-refractivity contribution in [1.82, 2.24) is 15.1 Å². The zero-order valence-electron chi connectivity index (χ0n) is 9.64. The molecular formula is C11H17N3O2. The van der Waals surface area contributed by atoms with Gasteiger partial charge in [-0.15, -0.1) is 0 Å². The molecule has 2 rings (SSSR count). The van der Waals surface area contributed by atoms with Crippen molar-refractivity contribution in [3.05, 3.63) is 18.0 Å². The number of hydrogen-bond acceptors (Lipinski definition) is 4. The molecule has 2 atom stereocenters. The van der Waals surface area contributed by atoms with Crippen molar-refractivity contribution in [3.8, 4) is 0 Å². The summed E-state index contributed by atoms with van der Waals surface area (Å²) in [4.78, 5) is 11.9. The van der Waals surface area contributed by atoms with Crippen LogP contribution in [0.1, 0.15) is 12.1 Å². The van der Waals surface area contributed by atoms with Crippen LogP contribution in [0.3, 0.4) is 0 Å². The second kappa shape index (κ2) is 4.76. The number of carbonyl (C=O) groups is 1. The van der Waals surface area contributed by atoms with Crippen molar-refractivity contribution < 1.29 is 9.53 Å². The molecular weight excluding hydrogens is 206 g/mol. The van der Waals surface area contributed by atoms with E-state index >= 15 is 0 Å². The first kappa shape index (κ1) is 11.3. The summed E-state index contributed by atoms with van der Waals surface area (Å²) < 4.78 is 6.92. The smallest absolute Gasteiger partial charge is 0.155 e. The highest BCUT2D eigenvalue weighted by Gasteiger charge is 2.29. The Morgan fingerprint density at radius 3 is 3.12 bits per heavy atom. The Hall–Kier alpha value is -1.20. The molecule has 0 aromatic carbocycles. The average molecular weight is 223 g/mol. The summed E-state index contributed by atoms with van der Waals surface area (Å²) in [5.41, 5.74) is 0.829. The second-order valence-corrected chi connectivity index (χ2v) is 4.18. The van der Waals surface area contributed by atoms with Crippen LogP contribution in [-0.4, -0.2) is 41.4 Å². The van der Waals surface area contributed by atoms with Crippen LogP contribution < -0.4 is 5.32 Å². The van der Waals surface area contributed by atoms with Gasteiger partial charge < -0.3 is 10.1 Å². The van der Waals surface area contributed by atoms with E-state index in [1.807, 2.05) is 19.3 Å². The van der Waals surface area contributed by atoms with Crippen molar-refractivity contribution in [2.24, 2.45) is 7.05 Å². The van der Waals surface area contributed by atoms with Crippen molar-refractivity contribution in [2.45, 2.75) is 25.0 Å². The molecule has 5 nitrogen and oxygen atoms in total. The molecule has 0 radical (unpaired) electrons. The predicted molar refractivity (Wildman–Crippen MR) is 59.1 cm³/mol. The number of ether oxygens (including phenoxy) is 1. The molecule has 1 aromatic rings. The van der Waals surface area contributed by atoms with Gasteiger partial charge in [0, 0.05) is 26.9 Å². The zero-order valence-corrected chi connectivity index (χ0v) is 9.64. The van der Waals surface area contributed by atoms with E-state index in [1.165, 1.54) is 0 Å². The normalized spacial score (nSPS) is 24.9. The van der Waals surface area contributed by atoms with Crippen molar-refractivity contribution in [1.29, 1.82) is 0 Å². The lowest BCUT2D eigenvalue weighted by atomic mass is 10.1. The third-order valence-electron chi connectivity index (χ3n) is 2.94. The Balaban J connectivity index is 1.89. The average Bonchev–Trinajstić information content (AvgIpc) is 2.87. The van der Waals surface area contributed by atoms with Gasteiger partial charge in [0.25, 0.3) is 0 Å². The molecule has 0 bridgehead atoms. The Morgan fingerprint density at radius 2 is 2.56 bits per heavy atom. The maximum Gasteiger partial charge on any atom is 0.155 e. The topological polar surface area (TPSA) is 56.1 Å². The van der Waals surface area contributed by atoms with Crippen LogP contribution in [0.4, 0.5) is 0 Å². The number of nitrogens with zero attached hydrogens (tertiary/aromatic N) is 2. The molecule has 1 N–H and O–H groups in total. The number of carbonyl (C=O) groups excluding carboxylic acids is 1. The number of Topliss-reactive ketones (excluding diaryl/α,β-unsaturated/α-hetero) is 1. The molecule has 16 heavy (non-hydrogen) atoms. The maximum atomic E-state index is 11.9. The SMILES string of the molecule is COC1CNC(C(=O)Cc2ccn(C)n2)C1. The van der Waals surface area contributed by atoms with E-state index in [0.717, 1.165) is 18.7 Å². The Kier molecular flexibility index (Phi) is 3.36. The molecule has 1 aliphatic heterocycles. The van der Waals surface area contributed by atoms with Gasteiger partial charge in [-0.25, -0.2) is 0 Å². The first-order valence-corrected chi connectivity index (χ1v) is 5.46. The Morgan fingerprint density at radius 1 is 1.75 bits per heavy atom. The van der Waals surface area contributed by atoms with Crippen LogP contribution in [0.15, 0.2) is 12.3 Å². The lowest BCUT2D eigenvalue weighted by Gasteiger charge is -2.07. The zero-order chi connectivity index (χ0) is 11.5. The number of hydrogen-bond donors (Lipinski definition) is 1. The molecule has 1 aromatic heterocycles. The van der Waals surface area contributed by atoms with Crippen LogP contribution >= 0.6 is 0 Å².